The van der Waals surface area contributed by atoms with Gasteiger partial charge in [-0.15, -0.1) is 11.3 Å². The largest absolute Gasteiger partial charge is 0.250 e. The van der Waals surface area contributed by atoms with Crippen molar-refractivity contribution >= 4 is 37.3 Å². The maximum absolute atomic E-state index is 11.6. The molecule has 1 aromatic heterocycles. The van der Waals surface area contributed by atoms with Crippen molar-refractivity contribution in [3.63, 3.8) is 0 Å². The third-order valence-electron chi connectivity index (χ3n) is 1.83. The van der Waals surface area contributed by atoms with Gasteiger partial charge in [-0.25, -0.2) is 13.1 Å². The first-order valence-electron chi connectivity index (χ1n) is 4.69. The average molecular weight is 312 g/mol. The van der Waals surface area contributed by atoms with Crippen LogP contribution in [0.1, 0.15) is 19.8 Å². The summed E-state index contributed by atoms with van der Waals surface area (Å²) in [6.45, 7) is 2.55. The molecule has 0 fully saturated rings. The number of sulfonamides is 1. The number of nitrogens with one attached hydrogen (secondary N) is 1. The Hall–Kier alpha value is 0.0900. The Balaban J connectivity index is 2.39. The van der Waals surface area contributed by atoms with Gasteiger partial charge in [0.25, 0.3) is 0 Å². The molecule has 0 aliphatic rings. The van der Waals surface area contributed by atoms with Crippen molar-refractivity contribution in [2.45, 2.75) is 28.8 Å². The van der Waals surface area contributed by atoms with E-state index in [4.69, 9.17) is 0 Å². The molecule has 1 aromatic rings. The lowest BCUT2D eigenvalue weighted by atomic mass is 10.2. The molecule has 0 radical (unpaired) electrons. The Morgan fingerprint density at radius 2 is 2.33 bits per heavy atom. The Labute approximate surface area is 103 Å². The lowest BCUT2D eigenvalue weighted by Crippen LogP contribution is -2.24. The third-order valence-corrected chi connectivity index (χ3v) is 5.15. The summed E-state index contributed by atoms with van der Waals surface area (Å²) in [6.07, 6.45) is 1.81. The summed E-state index contributed by atoms with van der Waals surface area (Å²) < 4.78 is 26.2. The molecule has 0 amide bonds. The van der Waals surface area contributed by atoms with Crippen molar-refractivity contribution in [2.24, 2.45) is 0 Å². The Morgan fingerprint density at radius 3 is 2.87 bits per heavy atom. The molecule has 0 bridgehead atoms. The summed E-state index contributed by atoms with van der Waals surface area (Å²) in [4.78, 5) is 0.434. The molecule has 0 aromatic carbocycles. The van der Waals surface area contributed by atoms with Crippen LogP contribution in [-0.2, 0) is 10.0 Å². The van der Waals surface area contributed by atoms with Gasteiger partial charge in [0.1, 0.15) is 4.21 Å². The topological polar surface area (TPSA) is 46.2 Å². The molecule has 1 heterocycles. The normalized spacial score (nSPS) is 14.0. The van der Waals surface area contributed by atoms with Crippen molar-refractivity contribution in [1.29, 1.82) is 0 Å². The summed E-state index contributed by atoms with van der Waals surface area (Å²) in [6, 6.07) is 3.35. The van der Waals surface area contributed by atoms with Crippen LogP contribution in [0, 0.1) is 0 Å². The quantitative estimate of drug-likeness (QED) is 0.648. The highest BCUT2D eigenvalue weighted by atomic mass is 79.9. The van der Waals surface area contributed by atoms with Gasteiger partial charge >= 0.3 is 0 Å². The monoisotopic (exact) mass is 311 g/mol. The van der Waals surface area contributed by atoms with Crippen LogP contribution in [0.5, 0.6) is 0 Å². The average Bonchev–Trinajstić information content (AvgIpc) is 2.65. The van der Waals surface area contributed by atoms with Crippen LogP contribution >= 0.6 is 27.3 Å². The lowest BCUT2D eigenvalue weighted by Gasteiger charge is -2.05. The van der Waals surface area contributed by atoms with Crippen LogP contribution in [-0.4, -0.2) is 19.8 Å². The zero-order chi connectivity index (χ0) is 11.3. The van der Waals surface area contributed by atoms with Crippen LogP contribution < -0.4 is 4.72 Å². The van der Waals surface area contributed by atoms with E-state index in [1.54, 1.807) is 17.5 Å². The highest BCUT2D eigenvalue weighted by molar-refractivity contribution is 9.09. The molecule has 1 N–H and O–H groups in total. The molecule has 6 heteroatoms. The molecular weight excluding hydrogens is 298 g/mol. The Bertz CT molecular complexity index is 373. The fraction of sp³-hybridized carbons (Fsp3) is 0.556. The van der Waals surface area contributed by atoms with E-state index < -0.39 is 10.0 Å². The highest BCUT2D eigenvalue weighted by Crippen LogP contribution is 2.15. The van der Waals surface area contributed by atoms with E-state index in [1.165, 1.54) is 11.3 Å². The summed E-state index contributed by atoms with van der Waals surface area (Å²) in [5.74, 6) is 0. The van der Waals surface area contributed by atoms with Gasteiger partial charge in [0.15, 0.2) is 0 Å². The smallest absolute Gasteiger partial charge is 0.210 e. The Kier molecular flexibility index (Phi) is 5.25. The van der Waals surface area contributed by atoms with Crippen LogP contribution in [0.25, 0.3) is 0 Å². The van der Waals surface area contributed by atoms with E-state index in [2.05, 4.69) is 20.7 Å². The van der Waals surface area contributed by atoms with Crippen molar-refractivity contribution < 1.29 is 8.42 Å². The van der Waals surface area contributed by atoms with Crippen LogP contribution in [0.2, 0.25) is 0 Å². The van der Waals surface area contributed by atoms with Crippen molar-refractivity contribution in [2.75, 3.05) is 6.54 Å². The van der Waals surface area contributed by atoms with Crippen LogP contribution in [0.15, 0.2) is 21.7 Å². The first-order valence-corrected chi connectivity index (χ1v) is 7.97. The lowest BCUT2D eigenvalue weighted by molar-refractivity contribution is 0.579. The maximum Gasteiger partial charge on any atom is 0.250 e. The molecule has 0 aliphatic carbocycles. The fourth-order valence-electron chi connectivity index (χ4n) is 1.08. The molecule has 3 nitrogen and oxygen atoms in total. The van der Waals surface area contributed by atoms with Gasteiger partial charge in [-0.2, -0.15) is 0 Å². The van der Waals surface area contributed by atoms with Crippen molar-refractivity contribution in [3.8, 4) is 0 Å². The van der Waals surface area contributed by atoms with E-state index in [0.717, 1.165) is 12.8 Å². The second-order valence-electron chi connectivity index (χ2n) is 3.25. The molecule has 0 saturated carbocycles. The molecule has 0 spiro atoms. The molecule has 0 aliphatic heterocycles. The van der Waals surface area contributed by atoms with Gasteiger partial charge < -0.3 is 0 Å². The molecule has 1 rings (SSSR count). The minimum Gasteiger partial charge on any atom is -0.210 e. The fourth-order valence-corrected chi connectivity index (χ4v) is 3.51. The van der Waals surface area contributed by atoms with Crippen molar-refractivity contribution in [1.82, 2.24) is 4.72 Å². The number of halogens is 1. The predicted molar refractivity (Wildman–Crippen MR) is 67.1 cm³/mol. The molecule has 0 saturated heterocycles. The molecular formula is C9H14BrNO2S2. The summed E-state index contributed by atoms with van der Waals surface area (Å²) in [5, 5.41) is 1.76. The van der Waals surface area contributed by atoms with Gasteiger partial charge in [0.2, 0.25) is 10.0 Å². The second-order valence-corrected chi connectivity index (χ2v) is 7.76. The first-order chi connectivity index (χ1) is 7.02. The minimum atomic E-state index is -3.26. The minimum absolute atomic E-state index is 0.384. The number of hydrogen-bond donors (Lipinski definition) is 1. The zero-order valence-electron chi connectivity index (χ0n) is 8.44. The van der Waals surface area contributed by atoms with E-state index >= 15 is 0 Å². The molecule has 1 atom stereocenters. The van der Waals surface area contributed by atoms with E-state index in [1.807, 2.05) is 6.92 Å². The summed E-state index contributed by atoms with van der Waals surface area (Å²) >= 11 is 4.65. The SMILES string of the molecule is CC(Br)CCCNS(=O)(=O)c1cccs1. The summed E-state index contributed by atoms with van der Waals surface area (Å²) in [5.41, 5.74) is 0. The van der Waals surface area contributed by atoms with Gasteiger partial charge in [0, 0.05) is 11.4 Å². The third kappa shape index (κ3) is 4.63. The van der Waals surface area contributed by atoms with E-state index in [0.29, 0.717) is 15.6 Å². The molecule has 1 unspecified atom stereocenters. The van der Waals surface area contributed by atoms with Gasteiger partial charge in [0.05, 0.1) is 0 Å². The number of thiophene rings is 1. The zero-order valence-corrected chi connectivity index (χ0v) is 11.7. The summed E-state index contributed by atoms with van der Waals surface area (Å²) in [7, 11) is -3.26. The van der Waals surface area contributed by atoms with Gasteiger partial charge in [-0.05, 0) is 24.3 Å². The second kappa shape index (κ2) is 5.98. The predicted octanol–water partition coefficient (Wildman–Crippen LogP) is 2.59. The highest BCUT2D eigenvalue weighted by Gasteiger charge is 2.13. The van der Waals surface area contributed by atoms with Gasteiger partial charge in [-0.1, -0.05) is 28.9 Å². The number of rotatable bonds is 6. The van der Waals surface area contributed by atoms with E-state index in [-0.39, 0.29) is 0 Å². The standard InChI is InChI=1S/C9H14BrNO2S2/c1-8(10)4-2-6-11-15(12,13)9-5-3-7-14-9/h3,5,7-8,11H,2,4,6H2,1H3. The molecule has 86 valence electrons. The van der Waals surface area contributed by atoms with Crippen LogP contribution in [0.3, 0.4) is 0 Å². The number of hydrogen-bond acceptors (Lipinski definition) is 3. The molecule has 15 heavy (non-hydrogen) atoms. The maximum atomic E-state index is 11.6. The number of alkyl halides is 1. The Morgan fingerprint density at radius 1 is 1.60 bits per heavy atom. The van der Waals surface area contributed by atoms with Crippen LogP contribution in [0.4, 0.5) is 0 Å². The first kappa shape index (κ1) is 13.2. The van der Waals surface area contributed by atoms with Crippen molar-refractivity contribution in [3.05, 3.63) is 17.5 Å². The van der Waals surface area contributed by atoms with E-state index in [9.17, 15) is 8.42 Å². The van der Waals surface area contributed by atoms with Gasteiger partial charge in [-0.3, -0.25) is 0 Å².